The second-order valence-corrected chi connectivity index (χ2v) is 10.1. The van der Waals surface area contributed by atoms with Crippen molar-refractivity contribution in [3.05, 3.63) is 135 Å². The number of amides is 1. The summed E-state index contributed by atoms with van der Waals surface area (Å²) in [5.41, 5.74) is 6.47. The number of anilines is 1. The molecule has 188 valence electrons. The van der Waals surface area contributed by atoms with Gasteiger partial charge in [-0.3, -0.25) is 14.9 Å². The number of carbonyl (C=O) groups excluding carboxylic acids is 1. The van der Waals surface area contributed by atoms with E-state index in [4.69, 9.17) is 4.98 Å². The van der Waals surface area contributed by atoms with Crippen molar-refractivity contribution in [3.8, 4) is 21.7 Å². The first-order chi connectivity index (χ1) is 18.4. The van der Waals surface area contributed by atoms with Crippen molar-refractivity contribution >= 4 is 28.1 Å². The normalized spacial score (nSPS) is 10.9. The van der Waals surface area contributed by atoms with E-state index in [0.29, 0.717) is 5.13 Å². The lowest BCUT2D eigenvalue weighted by Crippen LogP contribution is -2.22. The maximum Gasteiger partial charge on any atom is 0.269 e. The number of benzene rings is 4. The Bertz CT molecular complexity index is 1560. The molecule has 0 aliphatic carbocycles. The minimum absolute atomic E-state index is 0.0217. The molecule has 0 atom stereocenters. The molecular formula is C31H25N3O3S. The minimum atomic E-state index is -0.506. The van der Waals surface area contributed by atoms with Gasteiger partial charge in [0.05, 0.1) is 21.4 Å². The van der Waals surface area contributed by atoms with Gasteiger partial charge in [-0.25, -0.2) is 4.98 Å². The van der Waals surface area contributed by atoms with E-state index in [2.05, 4.69) is 11.4 Å². The molecule has 0 saturated carbocycles. The highest BCUT2D eigenvalue weighted by Crippen LogP contribution is 2.41. The molecular weight excluding hydrogens is 494 g/mol. The minimum Gasteiger partial charge on any atom is -0.301 e. The third-order valence-corrected chi connectivity index (χ3v) is 7.38. The first kappa shape index (κ1) is 25.0. The maximum absolute atomic E-state index is 13.7. The topological polar surface area (TPSA) is 85.1 Å². The molecule has 0 bridgehead atoms. The van der Waals surface area contributed by atoms with Crippen LogP contribution in [-0.4, -0.2) is 15.8 Å². The number of nitro groups is 1. The highest BCUT2D eigenvalue weighted by Gasteiger charge is 2.25. The lowest BCUT2D eigenvalue weighted by atomic mass is 9.90. The van der Waals surface area contributed by atoms with Crippen LogP contribution in [0.1, 0.15) is 28.2 Å². The van der Waals surface area contributed by atoms with E-state index < -0.39 is 10.8 Å². The average molecular weight is 520 g/mol. The lowest BCUT2D eigenvalue weighted by molar-refractivity contribution is -0.384. The first-order valence-electron chi connectivity index (χ1n) is 12.1. The zero-order valence-electron chi connectivity index (χ0n) is 20.9. The van der Waals surface area contributed by atoms with Gasteiger partial charge < -0.3 is 5.32 Å². The van der Waals surface area contributed by atoms with E-state index in [-0.39, 0.29) is 11.6 Å². The summed E-state index contributed by atoms with van der Waals surface area (Å²) in [6.45, 7) is 4.06. The molecule has 6 nitrogen and oxygen atoms in total. The van der Waals surface area contributed by atoms with Gasteiger partial charge in [-0.15, -0.1) is 0 Å². The van der Waals surface area contributed by atoms with E-state index in [1.807, 2.05) is 86.6 Å². The molecule has 0 radical (unpaired) electrons. The molecule has 1 amide bonds. The van der Waals surface area contributed by atoms with Crippen molar-refractivity contribution in [2.75, 3.05) is 5.32 Å². The van der Waals surface area contributed by atoms with Crippen LogP contribution in [-0.2, 0) is 4.79 Å². The van der Waals surface area contributed by atoms with Crippen LogP contribution in [0.25, 0.3) is 21.7 Å². The number of aryl methyl sites for hydroxylation is 2. The van der Waals surface area contributed by atoms with Crippen molar-refractivity contribution in [1.29, 1.82) is 0 Å². The zero-order valence-corrected chi connectivity index (χ0v) is 21.7. The van der Waals surface area contributed by atoms with Gasteiger partial charge in [0, 0.05) is 17.7 Å². The molecule has 1 N–H and O–H groups in total. The Hall–Kier alpha value is -4.62. The predicted octanol–water partition coefficient (Wildman–Crippen LogP) is 7.77. The molecule has 1 heterocycles. The van der Waals surface area contributed by atoms with Crippen LogP contribution < -0.4 is 5.32 Å². The number of thiazole rings is 1. The second kappa shape index (κ2) is 10.8. The number of nitro benzene ring substituents is 1. The summed E-state index contributed by atoms with van der Waals surface area (Å²) in [6, 6.07) is 31.9. The molecule has 0 fully saturated rings. The Kier molecular flexibility index (Phi) is 7.11. The summed E-state index contributed by atoms with van der Waals surface area (Å²) in [5.74, 6) is -0.688. The number of aromatic nitrogens is 1. The molecule has 38 heavy (non-hydrogen) atoms. The Morgan fingerprint density at radius 1 is 0.868 bits per heavy atom. The van der Waals surface area contributed by atoms with Gasteiger partial charge in [0.1, 0.15) is 0 Å². The number of non-ortho nitro benzene ring substituents is 1. The molecule has 0 aliphatic heterocycles. The van der Waals surface area contributed by atoms with Crippen molar-refractivity contribution in [2.45, 2.75) is 19.8 Å². The summed E-state index contributed by atoms with van der Waals surface area (Å²) in [4.78, 5) is 30.2. The summed E-state index contributed by atoms with van der Waals surface area (Å²) in [6.07, 6.45) is 0. The highest BCUT2D eigenvalue weighted by molar-refractivity contribution is 7.19. The monoisotopic (exact) mass is 519 g/mol. The molecule has 5 rings (SSSR count). The fourth-order valence-corrected chi connectivity index (χ4v) is 5.52. The number of hydrogen-bond donors (Lipinski definition) is 1. The maximum atomic E-state index is 13.7. The number of hydrogen-bond acceptors (Lipinski definition) is 5. The third-order valence-electron chi connectivity index (χ3n) is 6.36. The average Bonchev–Trinajstić information content (AvgIpc) is 3.33. The molecule has 0 aliphatic rings. The van der Waals surface area contributed by atoms with Gasteiger partial charge in [0.15, 0.2) is 5.13 Å². The fourth-order valence-electron chi connectivity index (χ4n) is 4.53. The van der Waals surface area contributed by atoms with Gasteiger partial charge in [0.2, 0.25) is 5.91 Å². The summed E-state index contributed by atoms with van der Waals surface area (Å²) >= 11 is 1.36. The van der Waals surface area contributed by atoms with Gasteiger partial charge in [-0.2, -0.15) is 0 Å². The van der Waals surface area contributed by atoms with E-state index in [9.17, 15) is 14.9 Å². The quantitative estimate of drug-likeness (QED) is 0.176. The van der Waals surface area contributed by atoms with Crippen LogP contribution in [0.3, 0.4) is 0 Å². The molecule has 0 unspecified atom stereocenters. The number of carbonyl (C=O) groups is 1. The van der Waals surface area contributed by atoms with E-state index >= 15 is 0 Å². The molecule has 0 saturated heterocycles. The summed E-state index contributed by atoms with van der Waals surface area (Å²) < 4.78 is 0. The zero-order chi connectivity index (χ0) is 26.6. The van der Waals surface area contributed by atoms with Crippen LogP contribution in [0.5, 0.6) is 0 Å². The number of nitrogens with one attached hydrogen (secondary N) is 1. The Morgan fingerprint density at radius 3 is 2.03 bits per heavy atom. The van der Waals surface area contributed by atoms with Crippen molar-refractivity contribution in [1.82, 2.24) is 4.98 Å². The Balaban J connectivity index is 1.56. The van der Waals surface area contributed by atoms with Gasteiger partial charge in [-0.05, 0) is 48.2 Å². The summed E-state index contributed by atoms with van der Waals surface area (Å²) in [5, 5.41) is 14.7. The summed E-state index contributed by atoms with van der Waals surface area (Å²) in [7, 11) is 0. The van der Waals surface area contributed by atoms with Crippen LogP contribution in [0.15, 0.2) is 103 Å². The smallest absolute Gasteiger partial charge is 0.269 e. The molecule has 7 heteroatoms. The predicted molar refractivity (Wildman–Crippen MR) is 152 cm³/mol. The van der Waals surface area contributed by atoms with E-state index in [0.717, 1.165) is 44.0 Å². The van der Waals surface area contributed by atoms with Gasteiger partial charge in [-0.1, -0.05) is 95.8 Å². The van der Waals surface area contributed by atoms with E-state index in [1.165, 1.54) is 23.5 Å². The number of rotatable bonds is 7. The second-order valence-electron chi connectivity index (χ2n) is 9.06. The van der Waals surface area contributed by atoms with Crippen molar-refractivity contribution in [3.63, 3.8) is 0 Å². The number of nitrogens with zero attached hydrogens (tertiary/aromatic N) is 2. The van der Waals surface area contributed by atoms with Crippen LogP contribution >= 0.6 is 11.3 Å². The largest absolute Gasteiger partial charge is 0.301 e. The molecule has 4 aromatic carbocycles. The SMILES string of the molecule is Cc1ccc(-c2nc(NC(=O)C(c3ccccc3)c3ccccc3)sc2-c2ccc([N+](=O)[O-])cc2)c(C)c1. The lowest BCUT2D eigenvalue weighted by Gasteiger charge is -2.17. The molecule has 0 spiro atoms. The van der Waals surface area contributed by atoms with Crippen LogP contribution in [0.4, 0.5) is 10.8 Å². The van der Waals surface area contributed by atoms with Crippen LogP contribution in [0, 0.1) is 24.0 Å². The molecule has 5 aromatic rings. The third kappa shape index (κ3) is 5.23. The fraction of sp³-hybridized carbons (Fsp3) is 0.0968. The Labute approximate surface area is 224 Å². The highest BCUT2D eigenvalue weighted by atomic mass is 32.1. The van der Waals surface area contributed by atoms with Gasteiger partial charge >= 0.3 is 0 Å². The van der Waals surface area contributed by atoms with Gasteiger partial charge in [0.25, 0.3) is 5.69 Å². The Morgan fingerprint density at radius 2 is 1.47 bits per heavy atom. The standard InChI is InChI=1S/C31H25N3O3S/c1-20-13-18-26(21(2)19-20)28-29(24-14-16-25(17-15-24)34(36)37)38-31(32-28)33-30(35)27(22-9-5-3-6-10-22)23-11-7-4-8-12-23/h3-19,27H,1-2H3,(H,32,33,35). The van der Waals surface area contributed by atoms with E-state index in [1.54, 1.807) is 12.1 Å². The molecule has 1 aromatic heterocycles. The van der Waals surface area contributed by atoms with Crippen molar-refractivity contribution < 1.29 is 9.72 Å². The van der Waals surface area contributed by atoms with Crippen LogP contribution in [0.2, 0.25) is 0 Å². The first-order valence-corrected chi connectivity index (χ1v) is 13.0. The van der Waals surface area contributed by atoms with Crippen molar-refractivity contribution in [2.24, 2.45) is 0 Å².